The van der Waals surface area contributed by atoms with Gasteiger partial charge in [0.15, 0.2) is 0 Å². The molecule has 0 aliphatic heterocycles. The highest BCUT2D eigenvalue weighted by atomic mass is 35.5. The molecule has 1 aliphatic carbocycles. The highest BCUT2D eigenvalue weighted by molar-refractivity contribution is 6.32. The summed E-state index contributed by atoms with van der Waals surface area (Å²) in [6.45, 7) is 0.752. The lowest BCUT2D eigenvalue weighted by Gasteiger charge is -2.21. The Morgan fingerprint density at radius 2 is 2.29 bits per heavy atom. The van der Waals surface area contributed by atoms with Gasteiger partial charge in [0, 0.05) is 11.7 Å². The van der Waals surface area contributed by atoms with Gasteiger partial charge in [0.2, 0.25) is 0 Å². The van der Waals surface area contributed by atoms with Crippen molar-refractivity contribution in [3.63, 3.8) is 0 Å². The van der Waals surface area contributed by atoms with Crippen LogP contribution >= 0.6 is 11.6 Å². The highest BCUT2D eigenvalue weighted by Gasteiger charge is 2.25. The van der Waals surface area contributed by atoms with Crippen LogP contribution in [0.15, 0.2) is 18.2 Å². The average Bonchev–Trinajstić information content (AvgIpc) is 2.76. The van der Waals surface area contributed by atoms with Gasteiger partial charge in [-0.2, -0.15) is 0 Å². The first-order chi connectivity index (χ1) is 8.24. The maximum absolute atomic E-state index is 6.10. The lowest BCUT2D eigenvalue weighted by atomic mass is 10.0. The minimum atomic E-state index is 0.476. The van der Waals surface area contributed by atoms with Gasteiger partial charge in [0.25, 0.3) is 0 Å². The monoisotopic (exact) mass is 254 g/mol. The minimum absolute atomic E-state index is 0.476. The third-order valence-corrected chi connectivity index (χ3v) is 3.76. The quantitative estimate of drug-likeness (QED) is 0.869. The molecule has 1 aromatic carbocycles. The maximum Gasteiger partial charge on any atom is 0.137 e. The minimum Gasteiger partial charge on any atom is -0.495 e. The van der Waals surface area contributed by atoms with Crippen LogP contribution in [0.5, 0.6) is 5.75 Å². The Balaban J connectivity index is 2.05. The van der Waals surface area contributed by atoms with Crippen molar-refractivity contribution >= 4 is 17.3 Å². The Hall–Kier alpha value is -0.930. The molecule has 0 spiro atoms. The fraction of sp³-hybridized carbons (Fsp3) is 0.538. The van der Waals surface area contributed by atoms with Crippen molar-refractivity contribution in [2.45, 2.75) is 25.3 Å². The molecule has 1 saturated carbocycles. The Morgan fingerprint density at radius 3 is 2.94 bits per heavy atom. The van der Waals surface area contributed by atoms with E-state index in [0.717, 1.165) is 12.2 Å². The normalized spacial score (nSPS) is 23.7. The van der Waals surface area contributed by atoms with Crippen LogP contribution in [0, 0.1) is 5.92 Å². The van der Waals surface area contributed by atoms with E-state index in [0.29, 0.717) is 22.7 Å². The molecule has 2 unspecified atom stereocenters. The van der Waals surface area contributed by atoms with Gasteiger partial charge in [-0.3, -0.25) is 0 Å². The molecule has 94 valence electrons. The van der Waals surface area contributed by atoms with E-state index < -0.39 is 0 Å². The van der Waals surface area contributed by atoms with Gasteiger partial charge >= 0.3 is 0 Å². The van der Waals surface area contributed by atoms with Gasteiger partial charge in [0.05, 0.1) is 12.1 Å². The predicted octanol–water partition coefficient (Wildman–Crippen LogP) is 2.89. The molecule has 2 atom stereocenters. The van der Waals surface area contributed by atoms with Gasteiger partial charge in [-0.1, -0.05) is 18.0 Å². The van der Waals surface area contributed by atoms with Crippen molar-refractivity contribution < 1.29 is 4.74 Å². The van der Waals surface area contributed by atoms with Gasteiger partial charge < -0.3 is 15.8 Å². The zero-order valence-electron chi connectivity index (χ0n) is 10.1. The number of halogens is 1. The standard InChI is InChI=1S/C13H19ClN2O/c1-17-13-6-5-10(7-11(13)14)16-12-4-2-3-9(12)8-15/h5-7,9,12,16H,2-4,8,15H2,1H3. The number of hydrogen-bond donors (Lipinski definition) is 2. The van der Waals surface area contributed by atoms with E-state index in [2.05, 4.69) is 5.32 Å². The first kappa shape index (κ1) is 12.5. The second-order valence-electron chi connectivity index (χ2n) is 4.53. The third-order valence-electron chi connectivity index (χ3n) is 3.47. The average molecular weight is 255 g/mol. The summed E-state index contributed by atoms with van der Waals surface area (Å²) in [4.78, 5) is 0. The van der Waals surface area contributed by atoms with Gasteiger partial charge in [-0.25, -0.2) is 0 Å². The van der Waals surface area contributed by atoms with Gasteiger partial charge in [-0.05, 0) is 43.5 Å². The number of nitrogens with two attached hydrogens (primary N) is 1. The maximum atomic E-state index is 6.10. The zero-order valence-corrected chi connectivity index (χ0v) is 10.8. The van der Waals surface area contributed by atoms with Crippen molar-refractivity contribution in [3.8, 4) is 5.75 Å². The van der Waals surface area contributed by atoms with Crippen molar-refractivity contribution in [2.75, 3.05) is 19.0 Å². The second-order valence-corrected chi connectivity index (χ2v) is 4.93. The number of methoxy groups -OCH3 is 1. The summed E-state index contributed by atoms with van der Waals surface area (Å²) in [6, 6.07) is 6.27. The summed E-state index contributed by atoms with van der Waals surface area (Å²) in [5, 5.41) is 4.15. The van der Waals surface area contributed by atoms with Crippen LogP contribution in [0.3, 0.4) is 0 Å². The van der Waals surface area contributed by atoms with Crippen LogP contribution < -0.4 is 15.8 Å². The molecular formula is C13H19ClN2O. The molecule has 4 heteroatoms. The van der Waals surface area contributed by atoms with Crippen molar-refractivity contribution in [2.24, 2.45) is 11.7 Å². The Morgan fingerprint density at radius 1 is 1.47 bits per heavy atom. The molecule has 3 N–H and O–H groups in total. The Labute approximate surface area is 107 Å². The van der Waals surface area contributed by atoms with Crippen LogP contribution in [0.2, 0.25) is 5.02 Å². The van der Waals surface area contributed by atoms with E-state index in [1.54, 1.807) is 7.11 Å². The number of anilines is 1. The molecule has 0 aromatic heterocycles. The lowest BCUT2D eigenvalue weighted by Crippen LogP contribution is -2.29. The van der Waals surface area contributed by atoms with Crippen molar-refractivity contribution in [3.05, 3.63) is 23.2 Å². The van der Waals surface area contributed by atoms with Crippen LogP contribution in [0.1, 0.15) is 19.3 Å². The number of ether oxygens (including phenoxy) is 1. The van der Waals surface area contributed by atoms with E-state index in [4.69, 9.17) is 22.1 Å². The molecule has 0 radical (unpaired) electrons. The second kappa shape index (κ2) is 5.61. The van der Waals surface area contributed by atoms with E-state index in [9.17, 15) is 0 Å². The summed E-state index contributed by atoms with van der Waals surface area (Å²) in [7, 11) is 1.62. The highest BCUT2D eigenvalue weighted by Crippen LogP contribution is 2.31. The lowest BCUT2D eigenvalue weighted by molar-refractivity contribution is 0.415. The summed E-state index contributed by atoms with van der Waals surface area (Å²) < 4.78 is 5.13. The smallest absolute Gasteiger partial charge is 0.137 e. The zero-order chi connectivity index (χ0) is 12.3. The van der Waals surface area contributed by atoms with Crippen molar-refractivity contribution in [1.29, 1.82) is 0 Å². The molecule has 1 fully saturated rings. The summed E-state index contributed by atoms with van der Waals surface area (Å²) in [5.41, 5.74) is 6.81. The largest absolute Gasteiger partial charge is 0.495 e. The molecule has 0 heterocycles. The summed E-state index contributed by atoms with van der Waals surface area (Å²) >= 11 is 6.10. The molecule has 1 aromatic rings. The molecule has 17 heavy (non-hydrogen) atoms. The Bertz CT molecular complexity index is 384. The van der Waals surface area contributed by atoms with Crippen LogP contribution in [0.4, 0.5) is 5.69 Å². The molecule has 0 bridgehead atoms. The van der Waals surface area contributed by atoms with Gasteiger partial charge in [-0.15, -0.1) is 0 Å². The van der Waals surface area contributed by atoms with Crippen LogP contribution in [-0.2, 0) is 0 Å². The summed E-state index contributed by atoms with van der Waals surface area (Å²) in [6.07, 6.45) is 3.66. The fourth-order valence-corrected chi connectivity index (χ4v) is 2.74. The molecule has 1 aliphatic rings. The Kier molecular flexibility index (Phi) is 4.13. The fourth-order valence-electron chi connectivity index (χ4n) is 2.48. The van der Waals surface area contributed by atoms with E-state index in [1.807, 2.05) is 18.2 Å². The summed E-state index contributed by atoms with van der Waals surface area (Å²) in [5.74, 6) is 1.29. The SMILES string of the molecule is COc1ccc(NC2CCCC2CN)cc1Cl. The molecular weight excluding hydrogens is 236 g/mol. The first-order valence-corrected chi connectivity index (χ1v) is 6.42. The predicted molar refractivity (Wildman–Crippen MR) is 71.8 cm³/mol. The van der Waals surface area contributed by atoms with E-state index in [-0.39, 0.29) is 0 Å². The number of hydrogen-bond acceptors (Lipinski definition) is 3. The topological polar surface area (TPSA) is 47.3 Å². The van der Waals surface area contributed by atoms with Crippen LogP contribution in [0.25, 0.3) is 0 Å². The van der Waals surface area contributed by atoms with E-state index >= 15 is 0 Å². The molecule has 0 saturated heterocycles. The number of nitrogens with one attached hydrogen (secondary N) is 1. The number of benzene rings is 1. The first-order valence-electron chi connectivity index (χ1n) is 6.04. The molecule has 3 nitrogen and oxygen atoms in total. The van der Waals surface area contributed by atoms with Gasteiger partial charge in [0.1, 0.15) is 5.75 Å². The van der Waals surface area contributed by atoms with Crippen LogP contribution in [-0.4, -0.2) is 19.7 Å². The third kappa shape index (κ3) is 2.85. The van der Waals surface area contributed by atoms with Crippen molar-refractivity contribution in [1.82, 2.24) is 0 Å². The van der Waals surface area contributed by atoms with E-state index in [1.165, 1.54) is 19.3 Å². The molecule has 0 amide bonds. The number of rotatable bonds is 4. The molecule has 2 rings (SSSR count).